The first-order valence-electron chi connectivity index (χ1n) is 15.9. The van der Waals surface area contributed by atoms with E-state index in [9.17, 15) is 0 Å². The van der Waals surface area contributed by atoms with Crippen molar-refractivity contribution in [1.29, 1.82) is 0 Å². The van der Waals surface area contributed by atoms with Gasteiger partial charge in [0.15, 0.2) is 0 Å². The van der Waals surface area contributed by atoms with Gasteiger partial charge in [-0.1, -0.05) is 103 Å². The molecule has 2 aromatic heterocycles. The second-order valence-corrected chi connectivity index (χ2v) is 14.3. The molecule has 0 saturated carbocycles. The quantitative estimate of drug-likeness (QED) is 0.186. The topological polar surface area (TPSA) is 3.24 Å². The number of hydrogen-bond acceptors (Lipinski definition) is 3. The Morgan fingerprint density at radius 1 is 0.340 bits per heavy atom. The Kier molecular flexibility index (Phi) is 5.98. The number of nitrogens with zero attached hydrogens (tertiary/aromatic N) is 1. The average molecular weight is 634 g/mol. The van der Waals surface area contributed by atoms with E-state index >= 15 is 0 Å². The van der Waals surface area contributed by atoms with E-state index < -0.39 is 0 Å². The monoisotopic (exact) mass is 633 g/mol. The summed E-state index contributed by atoms with van der Waals surface area (Å²) in [5.74, 6) is 0. The highest BCUT2D eigenvalue weighted by molar-refractivity contribution is 7.26. The molecule has 0 saturated heterocycles. The maximum Gasteiger partial charge on any atom is 0.0540 e. The van der Waals surface area contributed by atoms with Crippen molar-refractivity contribution in [3.63, 3.8) is 0 Å². The van der Waals surface area contributed by atoms with Crippen LogP contribution in [0.3, 0.4) is 0 Å². The average Bonchev–Trinajstić information content (AvgIpc) is 3.69. The Bertz CT molecular complexity index is 2800. The zero-order valence-electron chi connectivity index (χ0n) is 25.4. The number of hydrogen-bond donors (Lipinski definition) is 0. The van der Waals surface area contributed by atoms with E-state index in [0.717, 1.165) is 11.4 Å². The summed E-state index contributed by atoms with van der Waals surface area (Å²) in [6.45, 7) is 0. The van der Waals surface area contributed by atoms with Gasteiger partial charge in [-0.25, -0.2) is 0 Å². The van der Waals surface area contributed by atoms with Crippen LogP contribution >= 0.6 is 22.7 Å². The van der Waals surface area contributed by atoms with Crippen LogP contribution in [-0.2, 0) is 0 Å². The van der Waals surface area contributed by atoms with Crippen LogP contribution in [0.25, 0.3) is 73.0 Å². The van der Waals surface area contributed by atoms with Crippen molar-refractivity contribution < 1.29 is 0 Å². The Balaban J connectivity index is 1.20. The van der Waals surface area contributed by atoms with Crippen molar-refractivity contribution >= 4 is 102 Å². The zero-order valence-corrected chi connectivity index (χ0v) is 27.0. The van der Waals surface area contributed by atoms with Crippen molar-refractivity contribution in [2.75, 3.05) is 4.90 Å². The smallest absolute Gasteiger partial charge is 0.0540 e. The number of anilines is 3. The fourth-order valence-electron chi connectivity index (χ4n) is 7.22. The fourth-order valence-corrected chi connectivity index (χ4v) is 9.44. The molecule has 0 radical (unpaired) electrons. The standard InChI is InChI=1S/C44H27NS2/c1-2-12-33-28(9-1)10-7-15-34(33)29-19-21-31(22-20-29)45(32-23-24-43-39(26-32)36-14-4-5-17-41(36)46-43)40-16-8-11-30-25-38-35-13-3-6-18-42(35)47-44(38)27-37(30)40/h1-27H. The zero-order chi connectivity index (χ0) is 30.9. The summed E-state index contributed by atoms with van der Waals surface area (Å²) in [6, 6.07) is 60.3. The molecule has 0 aliphatic rings. The minimum atomic E-state index is 1.14. The lowest BCUT2D eigenvalue weighted by Gasteiger charge is -2.27. The molecule has 0 spiro atoms. The Morgan fingerprint density at radius 2 is 0.936 bits per heavy atom. The van der Waals surface area contributed by atoms with Crippen molar-refractivity contribution in [3.05, 3.63) is 164 Å². The highest BCUT2D eigenvalue weighted by Crippen LogP contribution is 2.45. The fraction of sp³-hybridized carbons (Fsp3) is 0. The second kappa shape index (κ2) is 10.5. The summed E-state index contributed by atoms with van der Waals surface area (Å²) >= 11 is 3.74. The maximum absolute atomic E-state index is 2.44. The first kappa shape index (κ1) is 26.7. The van der Waals surface area contributed by atoms with E-state index in [-0.39, 0.29) is 0 Å². The van der Waals surface area contributed by atoms with Crippen molar-refractivity contribution in [2.45, 2.75) is 0 Å². The molecule has 1 nitrogen and oxygen atoms in total. The predicted octanol–water partition coefficient (Wildman–Crippen LogP) is 13.9. The normalized spacial score (nSPS) is 11.8. The Morgan fingerprint density at radius 3 is 1.74 bits per heavy atom. The van der Waals surface area contributed by atoms with E-state index in [1.807, 2.05) is 22.7 Å². The summed E-state index contributed by atoms with van der Waals surface area (Å²) in [6.07, 6.45) is 0. The molecule has 0 atom stereocenters. The lowest BCUT2D eigenvalue weighted by molar-refractivity contribution is 1.31. The summed E-state index contributed by atoms with van der Waals surface area (Å²) < 4.78 is 5.28. The number of fused-ring (bicyclic) bond motifs is 8. The number of thiophene rings is 2. The molecule has 3 heteroatoms. The van der Waals surface area contributed by atoms with E-state index in [1.54, 1.807) is 0 Å². The van der Waals surface area contributed by atoms with Crippen molar-refractivity contribution in [3.8, 4) is 11.1 Å². The maximum atomic E-state index is 2.44. The molecular weight excluding hydrogens is 607 g/mol. The lowest BCUT2D eigenvalue weighted by Crippen LogP contribution is -2.10. The van der Waals surface area contributed by atoms with E-state index in [4.69, 9.17) is 0 Å². The first-order chi connectivity index (χ1) is 23.3. The Hall–Kier alpha value is -5.48. The van der Waals surface area contributed by atoms with Gasteiger partial charge < -0.3 is 4.90 Å². The van der Waals surface area contributed by atoms with Crippen LogP contribution < -0.4 is 4.90 Å². The third-order valence-corrected chi connectivity index (χ3v) is 11.7. The molecule has 0 aliphatic carbocycles. The van der Waals surface area contributed by atoms with Gasteiger partial charge in [-0.05, 0) is 87.9 Å². The van der Waals surface area contributed by atoms with E-state index in [0.29, 0.717) is 0 Å². The van der Waals surface area contributed by atoms with Crippen LogP contribution in [0.1, 0.15) is 0 Å². The molecule has 0 aliphatic heterocycles. The molecule has 0 bridgehead atoms. The molecule has 0 amide bonds. The molecule has 10 rings (SSSR count). The first-order valence-corrected chi connectivity index (χ1v) is 17.6. The molecule has 0 fully saturated rings. The summed E-state index contributed by atoms with van der Waals surface area (Å²) in [5, 5.41) is 10.3. The van der Waals surface area contributed by atoms with Crippen LogP contribution in [0.2, 0.25) is 0 Å². The molecular formula is C44H27NS2. The molecule has 8 aromatic carbocycles. The van der Waals surface area contributed by atoms with Crippen LogP contribution in [0, 0.1) is 0 Å². The van der Waals surface area contributed by atoms with Crippen LogP contribution in [0.5, 0.6) is 0 Å². The van der Waals surface area contributed by atoms with Gasteiger partial charge in [0.25, 0.3) is 0 Å². The predicted molar refractivity (Wildman–Crippen MR) is 207 cm³/mol. The number of benzene rings is 8. The summed E-state index contributed by atoms with van der Waals surface area (Å²) in [4.78, 5) is 2.44. The summed E-state index contributed by atoms with van der Waals surface area (Å²) in [5.41, 5.74) is 5.94. The minimum absolute atomic E-state index is 1.14. The molecule has 0 unspecified atom stereocenters. The van der Waals surface area contributed by atoms with Gasteiger partial charge in [-0.3, -0.25) is 0 Å². The van der Waals surface area contributed by atoms with Crippen molar-refractivity contribution in [1.82, 2.24) is 0 Å². The minimum Gasteiger partial charge on any atom is -0.310 e. The van der Waals surface area contributed by atoms with E-state index in [1.165, 1.54) is 78.7 Å². The molecule has 2 heterocycles. The van der Waals surface area contributed by atoms with Gasteiger partial charge in [0.2, 0.25) is 0 Å². The van der Waals surface area contributed by atoms with Gasteiger partial charge >= 0.3 is 0 Å². The van der Waals surface area contributed by atoms with E-state index in [2.05, 4.69) is 169 Å². The third kappa shape index (κ3) is 4.28. The molecule has 0 N–H and O–H groups in total. The highest BCUT2D eigenvalue weighted by Gasteiger charge is 2.19. The van der Waals surface area contributed by atoms with Gasteiger partial charge in [0.1, 0.15) is 0 Å². The Labute approximate surface area is 280 Å². The van der Waals surface area contributed by atoms with Gasteiger partial charge in [0, 0.05) is 57.1 Å². The summed E-state index contributed by atoms with van der Waals surface area (Å²) in [7, 11) is 0. The number of rotatable bonds is 4. The lowest BCUT2D eigenvalue weighted by atomic mass is 9.98. The van der Waals surface area contributed by atoms with Gasteiger partial charge in [0.05, 0.1) is 5.69 Å². The van der Waals surface area contributed by atoms with Crippen molar-refractivity contribution in [2.24, 2.45) is 0 Å². The van der Waals surface area contributed by atoms with Crippen LogP contribution in [0.4, 0.5) is 17.1 Å². The third-order valence-electron chi connectivity index (χ3n) is 9.44. The van der Waals surface area contributed by atoms with Crippen LogP contribution in [0.15, 0.2) is 164 Å². The van der Waals surface area contributed by atoms with Gasteiger partial charge in [-0.15, -0.1) is 22.7 Å². The molecule has 47 heavy (non-hydrogen) atoms. The SMILES string of the molecule is c1ccc2c(-c3ccc(N(c4ccc5sc6ccccc6c5c4)c4cccc5cc6c(cc45)sc4ccccc46)cc3)cccc2c1. The van der Waals surface area contributed by atoms with Crippen LogP contribution in [-0.4, -0.2) is 0 Å². The molecule has 220 valence electrons. The highest BCUT2D eigenvalue weighted by atomic mass is 32.1. The van der Waals surface area contributed by atoms with Gasteiger partial charge in [-0.2, -0.15) is 0 Å². The largest absolute Gasteiger partial charge is 0.310 e. The molecule has 10 aromatic rings. The second-order valence-electron chi connectivity index (χ2n) is 12.1.